The summed E-state index contributed by atoms with van der Waals surface area (Å²) in [6, 6.07) is 4.78. The molecule has 1 aromatic carbocycles. The number of nitrogens with zero attached hydrogens (tertiary/aromatic N) is 1. The monoisotopic (exact) mass is 299 g/mol. The maximum absolute atomic E-state index is 11.4. The highest BCUT2D eigenvalue weighted by atomic mass is 32.2. The fourth-order valence-corrected chi connectivity index (χ4v) is 2.76. The Bertz CT molecular complexity index is 554. The van der Waals surface area contributed by atoms with Gasteiger partial charge in [0.05, 0.1) is 29.5 Å². The first-order valence-electron chi connectivity index (χ1n) is 6.60. The lowest BCUT2D eigenvalue weighted by Gasteiger charge is -2.26. The second-order valence-electron chi connectivity index (χ2n) is 4.90. The van der Waals surface area contributed by atoms with E-state index >= 15 is 0 Å². The van der Waals surface area contributed by atoms with Gasteiger partial charge in [-0.15, -0.1) is 0 Å². The molecule has 0 aliphatic carbocycles. The third-order valence-corrected chi connectivity index (χ3v) is 4.41. The number of sulfone groups is 1. The quantitative estimate of drug-likeness (QED) is 0.766. The Hall–Kier alpha value is -1.31. The molecular weight excluding hydrogens is 278 g/mol. The van der Waals surface area contributed by atoms with Gasteiger partial charge in [0.1, 0.15) is 0 Å². The van der Waals surface area contributed by atoms with Crippen LogP contribution in [0.1, 0.15) is 0 Å². The third kappa shape index (κ3) is 4.09. The average molecular weight is 299 g/mol. The summed E-state index contributed by atoms with van der Waals surface area (Å²) in [5.74, 6) is 0. The van der Waals surface area contributed by atoms with Crippen molar-refractivity contribution in [2.24, 2.45) is 0 Å². The summed E-state index contributed by atoms with van der Waals surface area (Å²) >= 11 is 0. The van der Waals surface area contributed by atoms with Gasteiger partial charge in [0.15, 0.2) is 9.84 Å². The Kier molecular flexibility index (Phi) is 4.85. The number of rotatable bonds is 5. The van der Waals surface area contributed by atoms with Crippen LogP contribution in [0, 0.1) is 0 Å². The van der Waals surface area contributed by atoms with Crippen LogP contribution in [0.2, 0.25) is 0 Å². The highest BCUT2D eigenvalue weighted by Crippen LogP contribution is 2.22. The smallest absolute Gasteiger partial charge is 0.175 e. The summed E-state index contributed by atoms with van der Waals surface area (Å²) < 4.78 is 28.1. The Morgan fingerprint density at radius 3 is 2.65 bits per heavy atom. The molecule has 0 aromatic heterocycles. The van der Waals surface area contributed by atoms with Crippen LogP contribution >= 0.6 is 0 Å². The molecule has 7 heteroatoms. The van der Waals surface area contributed by atoms with E-state index in [1.807, 2.05) is 0 Å². The SMILES string of the molecule is CS(=O)(=O)c1ccc(NCCN2CCOCC2)c(N)c1. The zero-order chi connectivity index (χ0) is 14.6. The van der Waals surface area contributed by atoms with Crippen LogP contribution in [0.5, 0.6) is 0 Å². The van der Waals surface area contributed by atoms with Crippen molar-refractivity contribution >= 4 is 21.2 Å². The zero-order valence-corrected chi connectivity index (χ0v) is 12.4. The Balaban J connectivity index is 1.90. The first kappa shape index (κ1) is 15.1. The van der Waals surface area contributed by atoms with E-state index < -0.39 is 9.84 Å². The summed E-state index contributed by atoms with van der Waals surface area (Å²) in [6.45, 7) is 5.14. The number of hydrogen-bond acceptors (Lipinski definition) is 6. The van der Waals surface area contributed by atoms with Crippen LogP contribution in [0.4, 0.5) is 11.4 Å². The van der Waals surface area contributed by atoms with E-state index in [1.165, 1.54) is 12.3 Å². The lowest BCUT2D eigenvalue weighted by molar-refractivity contribution is 0.0398. The van der Waals surface area contributed by atoms with Gasteiger partial charge in [-0.3, -0.25) is 4.90 Å². The highest BCUT2D eigenvalue weighted by Gasteiger charge is 2.11. The number of nitrogens with one attached hydrogen (secondary N) is 1. The average Bonchev–Trinajstić information content (AvgIpc) is 2.40. The van der Waals surface area contributed by atoms with E-state index in [1.54, 1.807) is 12.1 Å². The summed E-state index contributed by atoms with van der Waals surface area (Å²) in [7, 11) is -3.21. The minimum Gasteiger partial charge on any atom is -0.397 e. The molecule has 2 rings (SSSR count). The standard InChI is InChI=1S/C13H21N3O3S/c1-20(17,18)11-2-3-13(12(14)10-11)15-4-5-16-6-8-19-9-7-16/h2-3,10,15H,4-9,14H2,1H3. The molecule has 3 N–H and O–H groups in total. The molecule has 0 radical (unpaired) electrons. The van der Waals surface area contributed by atoms with Gasteiger partial charge in [0.25, 0.3) is 0 Å². The maximum Gasteiger partial charge on any atom is 0.175 e. The molecule has 20 heavy (non-hydrogen) atoms. The molecule has 6 nitrogen and oxygen atoms in total. The van der Waals surface area contributed by atoms with Gasteiger partial charge in [0.2, 0.25) is 0 Å². The predicted molar refractivity (Wildman–Crippen MR) is 79.7 cm³/mol. The van der Waals surface area contributed by atoms with Crippen LogP contribution in [-0.2, 0) is 14.6 Å². The molecular formula is C13H21N3O3S. The number of nitrogens with two attached hydrogens (primary N) is 1. The Labute approximate surface area is 119 Å². The largest absolute Gasteiger partial charge is 0.397 e. The molecule has 0 atom stereocenters. The maximum atomic E-state index is 11.4. The van der Waals surface area contributed by atoms with Gasteiger partial charge < -0.3 is 15.8 Å². The molecule has 0 unspecified atom stereocenters. The molecule has 1 fully saturated rings. The molecule has 0 saturated carbocycles. The van der Waals surface area contributed by atoms with Crippen LogP contribution in [0.3, 0.4) is 0 Å². The van der Waals surface area contributed by atoms with Crippen LogP contribution < -0.4 is 11.1 Å². The third-order valence-electron chi connectivity index (χ3n) is 3.30. The van der Waals surface area contributed by atoms with Crippen LogP contribution in [-0.4, -0.2) is 59.0 Å². The van der Waals surface area contributed by atoms with E-state index in [9.17, 15) is 8.42 Å². The molecule has 1 aromatic rings. The van der Waals surface area contributed by atoms with Gasteiger partial charge in [0, 0.05) is 32.4 Å². The molecule has 1 aliphatic heterocycles. The second-order valence-corrected chi connectivity index (χ2v) is 6.92. The first-order valence-corrected chi connectivity index (χ1v) is 8.49. The molecule has 0 spiro atoms. The number of hydrogen-bond donors (Lipinski definition) is 2. The van der Waals surface area contributed by atoms with Crippen LogP contribution in [0.25, 0.3) is 0 Å². The van der Waals surface area contributed by atoms with Crippen molar-refractivity contribution in [3.8, 4) is 0 Å². The van der Waals surface area contributed by atoms with Crippen molar-refractivity contribution < 1.29 is 13.2 Å². The van der Waals surface area contributed by atoms with E-state index in [0.717, 1.165) is 45.1 Å². The Morgan fingerprint density at radius 2 is 2.05 bits per heavy atom. The minimum absolute atomic E-state index is 0.244. The summed E-state index contributed by atoms with van der Waals surface area (Å²) in [5, 5.41) is 3.24. The topological polar surface area (TPSA) is 84.7 Å². The normalized spacial score (nSPS) is 17.1. The highest BCUT2D eigenvalue weighted by molar-refractivity contribution is 7.90. The first-order chi connectivity index (χ1) is 9.47. The van der Waals surface area contributed by atoms with Crippen molar-refractivity contribution in [1.29, 1.82) is 0 Å². The van der Waals surface area contributed by atoms with Crippen molar-refractivity contribution in [2.45, 2.75) is 4.90 Å². The molecule has 1 saturated heterocycles. The number of ether oxygens (including phenoxy) is 1. The van der Waals surface area contributed by atoms with Gasteiger partial charge in [-0.1, -0.05) is 0 Å². The van der Waals surface area contributed by atoms with Crippen molar-refractivity contribution in [3.63, 3.8) is 0 Å². The van der Waals surface area contributed by atoms with E-state index in [0.29, 0.717) is 5.69 Å². The summed E-state index contributed by atoms with van der Waals surface area (Å²) in [4.78, 5) is 2.56. The number of benzene rings is 1. The summed E-state index contributed by atoms with van der Waals surface area (Å²) in [6.07, 6.45) is 1.17. The number of morpholine rings is 1. The van der Waals surface area contributed by atoms with Crippen LogP contribution in [0.15, 0.2) is 23.1 Å². The van der Waals surface area contributed by atoms with E-state index in [-0.39, 0.29) is 4.90 Å². The molecule has 1 aliphatic rings. The van der Waals surface area contributed by atoms with Gasteiger partial charge in [-0.05, 0) is 18.2 Å². The van der Waals surface area contributed by atoms with Crippen molar-refractivity contribution in [3.05, 3.63) is 18.2 Å². The van der Waals surface area contributed by atoms with Gasteiger partial charge in [-0.2, -0.15) is 0 Å². The number of anilines is 2. The number of nitrogen functional groups attached to an aromatic ring is 1. The second kappa shape index (κ2) is 6.43. The molecule has 0 amide bonds. The molecule has 0 bridgehead atoms. The van der Waals surface area contributed by atoms with Crippen molar-refractivity contribution in [2.75, 3.05) is 56.7 Å². The fraction of sp³-hybridized carbons (Fsp3) is 0.538. The molecule has 112 valence electrons. The lowest BCUT2D eigenvalue weighted by atomic mass is 10.2. The lowest BCUT2D eigenvalue weighted by Crippen LogP contribution is -2.39. The minimum atomic E-state index is -3.21. The molecule has 1 heterocycles. The zero-order valence-electron chi connectivity index (χ0n) is 11.6. The Morgan fingerprint density at radius 1 is 1.35 bits per heavy atom. The van der Waals surface area contributed by atoms with Gasteiger partial charge in [-0.25, -0.2) is 8.42 Å². The fourth-order valence-electron chi connectivity index (χ4n) is 2.11. The van der Waals surface area contributed by atoms with Gasteiger partial charge >= 0.3 is 0 Å². The van der Waals surface area contributed by atoms with E-state index in [4.69, 9.17) is 10.5 Å². The van der Waals surface area contributed by atoms with Crippen molar-refractivity contribution in [1.82, 2.24) is 4.90 Å². The summed E-state index contributed by atoms with van der Waals surface area (Å²) in [5.41, 5.74) is 7.10. The predicted octanol–water partition coefficient (Wildman–Crippen LogP) is 0.416. The van der Waals surface area contributed by atoms with E-state index in [2.05, 4.69) is 10.2 Å².